The Morgan fingerprint density at radius 2 is 2.00 bits per heavy atom. The number of carbonyl (C=O) groups excluding carboxylic acids is 1. The highest BCUT2D eigenvalue weighted by atomic mass is 32.2. The summed E-state index contributed by atoms with van der Waals surface area (Å²) in [5.41, 5.74) is 0. The van der Waals surface area contributed by atoms with Gasteiger partial charge in [-0.25, -0.2) is 8.42 Å². The zero-order valence-electron chi connectivity index (χ0n) is 13.4. The van der Waals surface area contributed by atoms with Crippen LogP contribution in [0, 0.1) is 5.92 Å². The van der Waals surface area contributed by atoms with E-state index in [9.17, 15) is 18.3 Å². The molecule has 1 aliphatic rings. The van der Waals surface area contributed by atoms with Crippen molar-refractivity contribution in [3.63, 3.8) is 0 Å². The highest BCUT2D eigenvalue weighted by Gasteiger charge is 2.36. The monoisotopic (exact) mass is 362 g/mol. The van der Waals surface area contributed by atoms with Crippen LogP contribution in [0.1, 0.15) is 39.5 Å². The van der Waals surface area contributed by atoms with Crippen LogP contribution < -0.4 is 5.32 Å². The van der Waals surface area contributed by atoms with Gasteiger partial charge in [0.25, 0.3) is 10.0 Å². The molecular weight excluding hydrogens is 340 g/mol. The van der Waals surface area contributed by atoms with E-state index in [-0.39, 0.29) is 21.3 Å². The molecule has 1 heterocycles. The zero-order valence-corrected chi connectivity index (χ0v) is 15.0. The van der Waals surface area contributed by atoms with Crippen molar-refractivity contribution in [2.45, 2.75) is 56.0 Å². The average molecular weight is 362 g/mol. The van der Waals surface area contributed by atoms with Gasteiger partial charge in [0, 0.05) is 13.0 Å². The number of aromatic nitrogens is 2. The second kappa shape index (κ2) is 7.20. The van der Waals surface area contributed by atoms with Crippen molar-refractivity contribution in [1.29, 1.82) is 0 Å². The number of likely N-dealkylation sites (N-methyl/N-ethyl adjacent to an activating group) is 1. The van der Waals surface area contributed by atoms with Crippen LogP contribution in [-0.2, 0) is 14.8 Å². The van der Waals surface area contributed by atoms with E-state index in [0.717, 1.165) is 24.2 Å². The smallest absolute Gasteiger partial charge is 0.272 e. The van der Waals surface area contributed by atoms with Crippen LogP contribution in [-0.4, -0.2) is 53.1 Å². The number of nitrogens with zero attached hydrogens (tertiary/aromatic N) is 3. The quantitative estimate of drug-likeness (QED) is 0.757. The standard InChI is InChI=1S/C13H22N4O4S2/c1-8(2)11(19)14-12-15-16-13(22-12)23(20,21)17(3)9-6-4-5-7-10(9)18/h8-10,18H,4-7H2,1-3H3,(H,14,15,19)/t9-,10-/m0/s1. The molecule has 0 aromatic carbocycles. The first-order chi connectivity index (χ1) is 10.7. The third-order valence-electron chi connectivity index (χ3n) is 3.92. The molecule has 1 aliphatic carbocycles. The van der Waals surface area contributed by atoms with Gasteiger partial charge in [-0.2, -0.15) is 4.31 Å². The van der Waals surface area contributed by atoms with Crippen molar-refractivity contribution in [2.24, 2.45) is 5.92 Å². The van der Waals surface area contributed by atoms with Crippen molar-refractivity contribution < 1.29 is 18.3 Å². The van der Waals surface area contributed by atoms with Gasteiger partial charge in [-0.1, -0.05) is 38.0 Å². The SMILES string of the molecule is CC(C)C(=O)Nc1nnc(S(=O)(=O)N(C)[C@H]2CCCC[C@@H]2O)s1. The number of sulfonamides is 1. The molecule has 1 saturated carbocycles. The van der Waals surface area contributed by atoms with Gasteiger partial charge in [0.1, 0.15) is 0 Å². The van der Waals surface area contributed by atoms with Gasteiger partial charge in [0.05, 0.1) is 12.1 Å². The van der Waals surface area contributed by atoms with Gasteiger partial charge >= 0.3 is 0 Å². The molecule has 8 nitrogen and oxygen atoms in total. The van der Waals surface area contributed by atoms with E-state index in [1.54, 1.807) is 13.8 Å². The Hall–Kier alpha value is -1.10. The minimum absolute atomic E-state index is 0.153. The molecule has 0 bridgehead atoms. The lowest BCUT2D eigenvalue weighted by Crippen LogP contribution is -2.46. The second-order valence-electron chi connectivity index (χ2n) is 5.96. The molecule has 0 aliphatic heterocycles. The number of rotatable bonds is 5. The van der Waals surface area contributed by atoms with E-state index in [4.69, 9.17) is 0 Å². The lowest BCUT2D eigenvalue weighted by Gasteiger charge is -2.33. The molecule has 2 rings (SSSR count). The first-order valence-electron chi connectivity index (χ1n) is 7.54. The van der Waals surface area contributed by atoms with Crippen molar-refractivity contribution in [3.05, 3.63) is 0 Å². The molecule has 1 fully saturated rings. The molecule has 130 valence electrons. The van der Waals surface area contributed by atoms with Gasteiger partial charge in [0.2, 0.25) is 15.4 Å². The maximum Gasteiger partial charge on any atom is 0.272 e. The Bertz CT molecular complexity index is 659. The van der Waals surface area contributed by atoms with E-state index in [1.807, 2.05) is 0 Å². The lowest BCUT2D eigenvalue weighted by molar-refractivity contribution is -0.118. The number of carbonyl (C=O) groups is 1. The molecule has 23 heavy (non-hydrogen) atoms. The van der Waals surface area contributed by atoms with E-state index < -0.39 is 22.2 Å². The Morgan fingerprint density at radius 1 is 1.35 bits per heavy atom. The van der Waals surface area contributed by atoms with Crippen LogP contribution >= 0.6 is 11.3 Å². The normalized spacial score (nSPS) is 22.5. The fourth-order valence-corrected chi connectivity index (χ4v) is 4.92. The maximum atomic E-state index is 12.6. The van der Waals surface area contributed by atoms with Crippen LogP contribution in [0.3, 0.4) is 0 Å². The number of nitrogens with one attached hydrogen (secondary N) is 1. The van der Waals surface area contributed by atoms with Gasteiger partial charge in [-0.05, 0) is 12.8 Å². The van der Waals surface area contributed by atoms with E-state index in [0.29, 0.717) is 12.8 Å². The Labute approximate surface area is 140 Å². The van der Waals surface area contributed by atoms with Crippen LogP contribution in [0.25, 0.3) is 0 Å². The lowest BCUT2D eigenvalue weighted by atomic mass is 9.93. The molecule has 10 heteroatoms. The summed E-state index contributed by atoms with van der Waals surface area (Å²) in [7, 11) is -2.39. The Kier molecular flexibility index (Phi) is 5.71. The van der Waals surface area contributed by atoms with Gasteiger partial charge in [-0.3, -0.25) is 4.79 Å². The predicted octanol–water partition coefficient (Wildman–Crippen LogP) is 1.06. The molecule has 2 N–H and O–H groups in total. The maximum absolute atomic E-state index is 12.6. The number of amides is 1. The first-order valence-corrected chi connectivity index (χ1v) is 9.79. The molecular formula is C13H22N4O4S2. The largest absolute Gasteiger partial charge is 0.391 e. The van der Waals surface area contributed by atoms with Crippen molar-refractivity contribution in [3.8, 4) is 0 Å². The minimum Gasteiger partial charge on any atom is -0.391 e. The summed E-state index contributed by atoms with van der Waals surface area (Å²) in [6, 6.07) is -0.452. The number of hydrogen-bond donors (Lipinski definition) is 2. The predicted molar refractivity (Wildman–Crippen MR) is 86.6 cm³/mol. The first kappa shape index (κ1) is 18.2. The molecule has 0 spiro atoms. The molecule has 1 amide bonds. The fraction of sp³-hybridized carbons (Fsp3) is 0.769. The second-order valence-corrected chi connectivity index (χ2v) is 9.11. The van der Waals surface area contributed by atoms with Crippen LogP contribution in [0.2, 0.25) is 0 Å². The number of hydrogen-bond acceptors (Lipinski definition) is 7. The molecule has 0 unspecified atom stereocenters. The van der Waals surface area contributed by atoms with E-state index >= 15 is 0 Å². The summed E-state index contributed by atoms with van der Waals surface area (Å²) in [5.74, 6) is -0.486. The molecule has 1 aromatic heterocycles. The highest BCUT2D eigenvalue weighted by molar-refractivity contribution is 7.91. The Morgan fingerprint density at radius 3 is 2.61 bits per heavy atom. The molecule has 1 aromatic rings. The summed E-state index contributed by atoms with van der Waals surface area (Å²) in [6.07, 6.45) is 2.32. The molecule has 0 saturated heterocycles. The summed E-state index contributed by atoms with van der Waals surface area (Å²) < 4.78 is 26.2. The molecule has 2 atom stereocenters. The Balaban J connectivity index is 2.16. The number of anilines is 1. The van der Waals surface area contributed by atoms with Crippen LogP contribution in [0.4, 0.5) is 5.13 Å². The van der Waals surface area contributed by atoms with Gasteiger partial charge in [-0.15, -0.1) is 10.2 Å². The third-order valence-corrected chi connectivity index (χ3v) is 6.99. The summed E-state index contributed by atoms with van der Waals surface area (Å²) in [6.45, 7) is 3.46. The fourth-order valence-electron chi connectivity index (χ4n) is 2.43. The van der Waals surface area contributed by atoms with E-state index in [2.05, 4.69) is 15.5 Å². The topological polar surface area (TPSA) is 112 Å². The van der Waals surface area contributed by atoms with Gasteiger partial charge < -0.3 is 10.4 Å². The van der Waals surface area contributed by atoms with Crippen molar-refractivity contribution in [2.75, 3.05) is 12.4 Å². The van der Waals surface area contributed by atoms with Crippen molar-refractivity contribution >= 4 is 32.4 Å². The third kappa shape index (κ3) is 4.06. The van der Waals surface area contributed by atoms with Crippen LogP contribution in [0.5, 0.6) is 0 Å². The summed E-state index contributed by atoms with van der Waals surface area (Å²) in [5, 5.41) is 20.1. The highest BCUT2D eigenvalue weighted by Crippen LogP contribution is 2.29. The number of aliphatic hydroxyl groups is 1. The average Bonchev–Trinajstić information content (AvgIpc) is 2.96. The summed E-state index contributed by atoms with van der Waals surface area (Å²) in [4.78, 5) is 11.6. The van der Waals surface area contributed by atoms with Crippen molar-refractivity contribution in [1.82, 2.24) is 14.5 Å². The molecule has 0 radical (unpaired) electrons. The van der Waals surface area contributed by atoms with Crippen LogP contribution in [0.15, 0.2) is 4.34 Å². The minimum atomic E-state index is -3.84. The number of aliphatic hydroxyl groups excluding tert-OH is 1. The van der Waals surface area contributed by atoms with Gasteiger partial charge in [0.15, 0.2) is 0 Å². The zero-order chi connectivity index (χ0) is 17.2. The van der Waals surface area contributed by atoms with E-state index in [1.165, 1.54) is 11.4 Å². The summed E-state index contributed by atoms with van der Waals surface area (Å²) >= 11 is 0.814.